The molecule has 0 aromatic heterocycles. The Bertz CT molecular complexity index is 351. The van der Waals surface area contributed by atoms with Gasteiger partial charge in [-0.05, 0) is 44.5 Å². The summed E-state index contributed by atoms with van der Waals surface area (Å²) in [5.74, 6) is 0.245. The average molecular weight is 244 g/mol. The number of ether oxygens (including phenoxy) is 1. The monoisotopic (exact) mass is 243 g/mol. The number of hydrogen-bond acceptors (Lipinski definition) is 2. The molecule has 2 rings (SSSR count). The first-order valence-electron chi connectivity index (χ1n) is 5.58. The SMILES string of the molecule is Fc1ccc(OC2CCCNCC2)cc1Cl. The minimum atomic E-state index is -0.406. The molecule has 1 aliphatic rings. The van der Waals surface area contributed by atoms with Crippen molar-refractivity contribution < 1.29 is 9.13 Å². The van der Waals surface area contributed by atoms with E-state index in [0.717, 1.165) is 32.4 Å². The third-order valence-corrected chi connectivity index (χ3v) is 3.01. The molecule has 0 bridgehead atoms. The Balaban J connectivity index is 1.99. The molecule has 88 valence electrons. The second-order valence-electron chi connectivity index (χ2n) is 4.00. The quantitative estimate of drug-likeness (QED) is 0.862. The molecule has 1 saturated heterocycles. The van der Waals surface area contributed by atoms with Gasteiger partial charge in [0.05, 0.1) is 11.1 Å². The van der Waals surface area contributed by atoms with Crippen LogP contribution in [0, 0.1) is 5.82 Å². The van der Waals surface area contributed by atoms with E-state index in [0.29, 0.717) is 5.75 Å². The number of benzene rings is 1. The van der Waals surface area contributed by atoms with Crippen molar-refractivity contribution >= 4 is 11.6 Å². The van der Waals surface area contributed by atoms with Gasteiger partial charge >= 0.3 is 0 Å². The summed E-state index contributed by atoms with van der Waals surface area (Å²) in [7, 11) is 0. The van der Waals surface area contributed by atoms with Gasteiger partial charge in [-0.3, -0.25) is 0 Å². The molecule has 1 aliphatic heterocycles. The molecular formula is C12H15ClFNO. The molecule has 1 atom stereocenters. The maximum atomic E-state index is 12.9. The summed E-state index contributed by atoms with van der Waals surface area (Å²) in [5, 5.41) is 3.43. The molecule has 4 heteroatoms. The van der Waals surface area contributed by atoms with Gasteiger partial charge in [0.1, 0.15) is 11.6 Å². The van der Waals surface area contributed by atoms with Crippen LogP contribution in [0.3, 0.4) is 0 Å². The molecule has 0 amide bonds. The number of halogens is 2. The first-order valence-corrected chi connectivity index (χ1v) is 5.96. The minimum absolute atomic E-state index is 0.115. The van der Waals surface area contributed by atoms with Gasteiger partial charge in [-0.1, -0.05) is 11.6 Å². The van der Waals surface area contributed by atoms with E-state index in [9.17, 15) is 4.39 Å². The Morgan fingerprint density at radius 2 is 2.19 bits per heavy atom. The fourth-order valence-electron chi connectivity index (χ4n) is 1.85. The highest BCUT2D eigenvalue weighted by Crippen LogP contribution is 2.23. The smallest absolute Gasteiger partial charge is 0.142 e. The predicted octanol–water partition coefficient (Wildman–Crippen LogP) is 3.00. The maximum Gasteiger partial charge on any atom is 0.142 e. The van der Waals surface area contributed by atoms with Crippen molar-refractivity contribution in [3.63, 3.8) is 0 Å². The van der Waals surface area contributed by atoms with Gasteiger partial charge < -0.3 is 10.1 Å². The molecule has 0 aliphatic carbocycles. The van der Waals surface area contributed by atoms with Crippen LogP contribution >= 0.6 is 11.6 Å². The average Bonchev–Trinajstić information content (AvgIpc) is 2.52. The Morgan fingerprint density at radius 3 is 3.00 bits per heavy atom. The van der Waals surface area contributed by atoms with E-state index < -0.39 is 5.82 Å². The van der Waals surface area contributed by atoms with E-state index in [1.807, 2.05) is 0 Å². The molecule has 1 unspecified atom stereocenters. The maximum absolute atomic E-state index is 12.9. The van der Waals surface area contributed by atoms with Crippen LogP contribution in [0.25, 0.3) is 0 Å². The Hall–Kier alpha value is -0.800. The summed E-state index contributed by atoms with van der Waals surface area (Å²) in [5.41, 5.74) is 0. The number of rotatable bonds is 2. The van der Waals surface area contributed by atoms with Crippen molar-refractivity contribution in [2.45, 2.75) is 25.4 Å². The van der Waals surface area contributed by atoms with Crippen molar-refractivity contribution in [2.75, 3.05) is 13.1 Å². The Kier molecular flexibility index (Phi) is 4.02. The molecule has 1 heterocycles. The minimum Gasteiger partial charge on any atom is -0.490 e. The fourth-order valence-corrected chi connectivity index (χ4v) is 2.02. The van der Waals surface area contributed by atoms with E-state index in [2.05, 4.69) is 5.32 Å². The summed E-state index contributed by atoms with van der Waals surface area (Å²) in [6.45, 7) is 2.02. The van der Waals surface area contributed by atoms with Gasteiger partial charge in [-0.25, -0.2) is 4.39 Å². The molecule has 0 spiro atoms. The molecule has 1 fully saturated rings. The van der Waals surface area contributed by atoms with Gasteiger partial charge in [0.25, 0.3) is 0 Å². The van der Waals surface area contributed by atoms with Crippen molar-refractivity contribution in [3.05, 3.63) is 29.0 Å². The number of hydrogen-bond donors (Lipinski definition) is 1. The van der Waals surface area contributed by atoms with E-state index in [1.54, 1.807) is 6.07 Å². The normalized spacial score (nSPS) is 21.5. The summed E-state index contributed by atoms with van der Waals surface area (Å²) < 4.78 is 18.7. The zero-order chi connectivity index (χ0) is 11.4. The van der Waals surface area contributed by atoms with Crippen molar-refractivity contribution in [3.8, 4) is 5.75 Å². The summed E-state index contributed by atoms with van der Waals surface area (Å²) in [4.78, 5) is 0. The van der Waals surface area contributed by atoms with Crippen LogP contribution in [-0.4, -0.2) is 19.2 Å². The lowest BCUT2D eigenvalue weighted by Gasteiger charge is -2.16. The first-order chi connectivity index (χ1) is 7.75. The van der Waals surface area contributed by atoms with Gasteiger partial charge in [0, 0.05) is 6.07 Å². The van der Waals surface area contributed by atoms with Crippen LogP contribution in [0.2, 0.25) is 5.02 Å². The standard InChI is InChI=1S/C12H15ClFNO/c13-11-8-10(3-4-12(11)14)16-9-2-1-6-15-7-5-9/h3-4,8-9,15H,1-2,5-7H2. The van der Waals surface area contributed by atoms with Gasteiger partial charge in [0.15, 0.2) is 0 Å². The predicted molar refractivity (Wildman–Crippen MR) is 62.5 cm³/mol. The lowest BCUT2D eigenvalue weighted by molar-refractivity contribution is 0.187. The summed E-state index contributed by atoms with van der Waals surface area (Å²) in [6.07, 6.45) is 3.33. The van der Waals surface area contributed by atoms with Crippen LogP contribution in [0.5, 0.6) is 5.75 Å². The Morgan fingerprint density at radius 1 is 1.31 bits per heavy atom. The highest BCUT2D eigenvalue weighted by Gasteiger charge is 2.13. The fraction of sp³-hybridized carbons (Fsp3) is 0.500. The third kappa shape index (κ3) is 3.09. The van der Waals surface area contributed by atoms with Crippen molar-refractivity contribution in [2.24, 2.45) is 0 Å². The zero-order valence-electron chi connectivity index (χ0n) is 9.01. The molecule has 1 aromatic rings. The van der Waals surface area contributed by atoms with Gasteiger partial charge in [-0.15, -0.1) is 0 Å². The van der Waals surface area contributed by atoms with E-state index in [1.165, 1.54) is 12.1 Å². The molecular weight excluding hydrogens is 229 g/mol. The van der Waals surface area contributed by atoms with Crippen LogP contribution in [0.15, 0.2) is 18.2 Å². The molecule has 2 nitrogen and oxygen atoms in total. The molecule has 1 aromatic carbocycles. The summed E-state index contributed by atoms with van der Waals surface area (Å²) >= 11 is 5.70. The lowest BCUT2D eigenvalue weighted by Crippen LogP contribution is -2.19. The van der Waals surface area contributed by atoms with E-state index in [-0.39, 0.29) is 11.1 Å². The second-order valence-corrected chi connectivity index (χ2v) is 4.40. The van der Waals surface area contributed by atoms with E-state index in [4.69, 9.17) is 16.3 Å². The number of nitrogens with one attached hydrogen (secondary N) is 1. The summed E-state index contributed by atoms with van der Waals surface area (Å²) in [6, 6.07) is 4.50. The van der Waals surface area contributed by atoms with Crippen LogP contribution in [0.4, 0.5) is 4.39 Å². The molecule has 1 N–H and O–H groups in total. The van der Waals surface area contributed by atoms with Crippen molar-refractivity contribution in [1.82, 2.24) is 5.32 Å². The second kappa shape index (κ2) is 5.51. The van der Waals surface area contributed by atoms with Crippen LogP contribution in [0.1, 0.15) is 19.3 Å². The van der Waals surface area contributed by atoms with Crippen LogP contribution < -0.4 is 10.1 Å². The third-order valence-electron chi connectivity index (χ3n) is 2.72. The zero-order valence-corrected chi connectivity index (χ0v) is 9.77. The molecule has 16 heavy (non-hydrogen) atoms. The van der Waals surface area contributed by atoms with E-state index >= 15 is 0 Å². The highest BCUT2D eigenvalue weighted by molar-refractivity contribution is 6.30. The largest absolute Gasteiger partial charge is 0.490 e. The topological polar surface area (TPSA) is 21.3 Å². The molecule has 0 saturated carbocycles. The Labute approximate surface area is 99.7 Å². The first kappa shape index (κ1) is 11.7. The van der Waals surface area contributed by atoms with Crippen molar-refractivity contribution in [1.29, 1.82) is 0 Å². The van der Waals surface area contributed by atoms with Crippen LogP contribution in [-0.2, 0) is 0 Å². The molecule has 0 radical (unpaired) electrons. The van der Waals surface area contributed by atoms with Gasteiger partial charge in [-0.2, -0.15) is 0 Å². The highest BCUT2D eigenvalue weighted by atomic mass is 35.5. The lowest BCUT2D eigenvalue weighted by atomic mass is 10.1. The van der Waals surface area contributed by atoms with Gasteiger partial charge in [0.2, 0.25) is 0 Å².